The molecule has 6 rings (SSSR count). The summed E-state index contributed by atoms with van der Waals surface area (Å²) in [5.74, 6) is 3.75. The molecule has 6 aliphatic rings. The SMILES string of the molecule is CCCC[Si]1([C]2([Hf+2][C]3([Si]4(CCCC)CCC4)CCC4C=CC=CC43)CCC3C=CC=CC32)CCC1.[Cl-].[Cl-]. The summed E-state index contributed by atoms with van der Waals surface area (Å²) in [6, 6.07) is 10.3. The number of rotatable bonds is 10. The predicted molar refractivity (Wildman–Crippen MR) is 154 cm³/mol. The van der Waals surface area contributed by atoms with Gasteiger partial charge < -0.3 is 24.8 Å². The Balaban J connectivity index is 0.00000160. The van der Waals surface area contributed by atoms with Crippen molar-refractivity contribution in [3.05, 3.63) is 48.6 Å². The Bertz CT molecular complexity index is 832. The van der Waals surface area contributed by atoms with Crippen LogP contribution in [0.15, 0.2) is 48.6 Å². The van der Waals surface area contributed by atoms with E-state index in [9.17, 15) is 0 Å². The monoisotopic (exact) mass is 740 g/mol. The zero-order valence-corrected chi connectivity index (χ0v) is 30.6. The molecule has 0 bridgehead atoms. The molecule has 0 spiro atoms. The van der Waals surface area contributed by atoms with Gasteiger partial charge in [0.15, 0.2) is 0 Å². The van der Waals surface area contributed by atoms with Crippen LogP contribution in [-0.2, 0) is 22.9 Å². The fourth-order valence-electron chi connectivity index (χ4n) is 10.3. The third-order valence-electron chi connectivity index (χ3n) is 12.4. The van der Waals surface area contributed by atoms with E-state index in [-0.39, 0.29) is 24.8 Å². The minimum absolute atomic E-state index is 0. The van der Waals surface area contributed by atoms with Gasteiger partial charge in [0.05, 0.1) is 0 Å². The number of hydrogen-bond acceptors (Lipinski definition) is 0. The smallest absolute Gasteiger partial charge is 1.00 e. The number of halogens is 2. The van der Waals surface area contributed by atoms with E-state index >= 15 is 0 Å². The zero-order chi connectivity index (χ0) is 24.0. The Kier molecular flexibility index (Phi) is 10.3. The van der Waals surface area contributed by atoms with Gasteiger partial charge in [-0.05, 0) is 0 Å². The minimum atomic E-state index is -1.18. The van der Waals surface area contributed by atoms with Crippen molar-refractivity contribution < 1.29 is 47.7 Å². The van der Waals surface area contributed by atoms with E-state index in [1.165, 1.54) is 12.8 Å². The van der Waals surface area contributed by atoms with E-state index in [0.29, 0.717) is 0 Å². The van der Waals surface area contributed by atoms with Crippen LogP contribution < -0.4 is 24.8 Å². The van der Waals surface area contributed by atoms with E-state index in [2.05, 4.69) is 62.5 Å². The van der Waals surface area contributed by atoms with Crippen LogP contribution in [0.3, 0.4) is 0 Å². The van der Waals surface area contributed by atoms with Crippen molar-refractivity contribution in [1.29, 1.82) is 0 Å². The normalized spacial score (nSPS) is 39.4. The molecule has 6 unspecified atom stereocenters. The fraction of sp³-hybridized carbons (Fsp3) is 0.750. The van der Waals surface area contributed by atoms with E-state index < -0.39 is 39.1 Å². The fourth-order valence-corrected chi connectivity index (χ4v) is 49.1. The van der Waals surface area contributed by atoms with Crippen LogP contribution in [0.25, 0.3) is 0 Å². The van der Waals surface area contributed by atoms with Crippen LogP contribution in [-0.4, -0.2) is 16.1 Å². The molecule has 0 aromatic heterocycles. The third kappa shape index (κ3) is 4.77. The molecular weight excluding hydrogens is 690 g/mol. The molecule has 204 valence electrons. The van der Waals surface area contributed by atoms with Crippen molar-refractivity contribution in [3.8, 4) is 0 Å². The Morgan fingerprint density at radius 2 is 1.05 bits per heavy atom. The molecule has 6 atom stereocenters. The first-order chi connectivity index (χ1) is 17.1. The second-order valence-corrected chi connectivity index (χ2v) is 34.3. The summed E-state index contributed by atoms with van der Waals surface area (Å²) < 4.78 is 1.80. The Morgan fingerprint density at radius 1 is 0.649 bits per heavy atom. The molecule has 0 aromatic rings. The van der Waals surface area contributed by atoms with E-state index in [0.717, 1.165) is 29.3 Å². The average Bonchev–Trinajstić information content (AvgIpc) is 3.39. The van der Waals surface area contributed by atoms with Crippen LogP contribution >= 0.6 is 0 Å². The maximum absolute atomic E-state index is 2.82. The molecule has 0 amide bonds. The first kappa shape index (κ1) is 30.8. The molecule has 2 aliphatic heterocycles. The van der Waals surface area contributed by atoms with E-state index in [1.807, 2.05) is 0 Å². The molecule has 0 aromatic carbocycles. The molecule has 4 aliphatic carbocycles. The van der Waals surface area contributed by atoms with Crippen molar-refractivity contribution in [2.75, 3.05) is 0 Å². The van der Waals surface area contributed by atoms with Gasteiger partial charge in [-0.1, -0.05) is 0 Å². The quantitative estimate of drug-likeness (QED) is 0.297. The van der Waals surface area contributed by atoms with Gasteiger partial charge in [-0.25, -0.2) is 0 Å². The first-order valence-corrected chi connectivity index (χ1v) is 24.5. The second-order valence-electron chi connectivity index (χ2n) is 13.5. The van der Waals surface area contributed by atoms with Crippen LogP contribution in [0.2, 0.25) is 41.9 Å². The van der Waals surface area contributed by atoms with Gasteiger partial charge in [0.25, 0.3) is 0 Å². The number of unbranched alkanes of at least 4 members (excludes halogenated alkanes) is 2. The van der Waals surface area contributed by atoms with Crippen LogP contribution in [0, 0.1) is 23.7 Å². The largest absolute Gasteiger partial charge is 1.00 e. The van der Waals surface area contributed by atoms with Gasteiger partial charge in [0.1, 0.15) is 0 Å². The molecule has 2 saturated heterocycles. The van der Waals surface area contributed by atoms with Crippen molar-refractivity contribution in [2.24, 2.45) is 23.7 Å². The molecular formula is C32H50Cl2HfSi2. The standard InChI is InChI=1S/2C16H25Si.2ClH.Hf/c2*1-2-3-11-17(12-6-13-17)16-10-9-14-7-4-5-8-15(14)16;;;/h2*4-5,7-8,14-15H,2-3,6,9-13H2,1H3;2*1H;/q;;;;+2/p-2. The van der Waals surface area contributed by atoms with Crippen molar-refractivity contribution in [1.82, 2.24) is 0 Å². The summed E-state index contributed by atoms with van der Waals surface area (Å²) in [5, 5.41) is 0. The molecule has 0 radical (unpaired) electrons. The van der Waals surface area contributed by atoms with Crippen LogP contribution in [0.4, 0.5) is 0 Å². The maximum Gasteiger partial charge on any atom is -1.00 e. The van der Waals surface area contributed by atoms with Crippen molar-refractivity contribution in [3.63, 3.8) is 0 Å². The van der Waals surface area contributed by atoms with Crippen LogP contribution in [0.1, 0.15) is 78.1 Å². The van der Waals surface area contributed by atoms with Gasteiger partial charge >= 0.3 is 231 Å². The molecule has 4 fully saturated rings. The van der Waals surface area contributed by atoms with Crippen molar-refractivity contribution in [2.45, 2.75) is 120 Å². The molecule has 5 heteroatoms. The van der Waals surface area contributed by atoms with Gasteiger partial charge in [0, 0.05) is 0 Å². The van der Waals surface area contributed by atoms with Crippen molar-refractivity contribution >= 4 is 16.1 Å². The second kappa shape index (κ2) is 12.4. The van der Waals surface area contributed by atoms with Gasteiger partial charge in [0.2, 0.25) is 0 Å². The van der Waals surface area contributed by atoms with E-state index in [1.54, 1.807) is 87.6 Å². The maximum atomic E-state index is 2.82. The summed E-state index contributed by atoms with van der Waals surface area (Å²) in [6.07, 6.45) is 36.4. The van der Waals surface area contributed by atoms with Crippen LogP contribution in [0.5, 0.6) is 0 Å². The summed E-state index contributed by atoms with van der Waals surface area (Å²) in [6.45, 7) is 4.94. The first-order valence-electron chi connectivity index (χ1n) is 15.6. The van der Waals surface area contributed by atoms with Gasteiger partial charge in [-0.2, -0.15) is 0 Å². The Morgan fingerprint density at radius 3 is 1.41 bits per heavy atom. The summed E-state index contributed by atoms with van der Waals surface area (Å²) in [5.41, 5.74) is 0. The van der Waals surface area contributed by atoms with Gasteiger partial charge in [-0.3, -0.25) is 0 Å². The zero-order valence-electron chi connectivity index (χ0n) is 23.5. The molecule has 2 saturated carbocycles. The Hall–Kier alpha value is 0.844. The topological polar surface area (TPSA) is 0 Å². The molecule has 37 heavy (non-hydrogen) atoms. The van der Waals surface area contributed by atoms with Gasteiger partial charge in [-0.15, -0.1) is 0 Å². The summed E-state index contributed by atoms with van der Waals surface area (Å²) in [4.78, 5) is 0. The Labute approximate surface area is 254 Å². The number of hydrogen-bond donors (Lipinski definition) is 0. The van der Waals surface area contributed by atoms with E-state index in [4.69, 9.17) is 0 Å². The molecule has 0 N–H and O–H groups in total. The molecule has 0 nitrogen and oxygen atoms in total. The predicted octanol–water partition coefficient (Wildman–Crippen LogP) is 4.08. The number of allylic oxidation sites excluding steroid dienone is 8. The molecule has 2 heterocycles. The average molecular weight is 740 g/mol. The third-order valence-corrected chi connectivity index (χ3v) is 46.0. The minimum Gasteiger partial charge on any atom is -1.00 e. The summed E-state index contributed by atoms with van der Waals surface area (Å²) >= 11 is -0.964. The summed E-state index contributed by atoms with van der Waals surface area (Å²) in [7, 11) is -2.36. The number of fused-ring (bicyclic) bond motifs is 2.